The highest BCUT2D eigenvalue weighted by Crippen LogP contribution is 2.21. The Kier molecular flexibility index (Phi) is 5.89. The molecular formula is C13H19N3O4. The number of aromatic nitrogens is 1. The number of carboxylic acids is 1. The van der Waals surface area contributed by atoms with Crippen molar-refractivity contribution in [2.24, 2.45) is 0 Å². The average molecular weight is 281 g/mol. The zero-order valence-electron chi connectivity index (χ0n) is 11.6. The lowest BCUT2D eigenvalue weighted by Gasteiger charge is -2.14. The zero-order valence-corrected chi connectivity index (χ0v) is 11.6. The first-order valence-electron chi connectivity index (χ1n) is 6.60. The van der Waals surface area contributed by atoms with Gasteiger partial charge in [-0.3, -0.25) is 10.1 Å². The first-order chi connectivity index (χ1) is 9.45. The van der Waals surface area contributed by atoms with E-state index in [2.05, 4.69) is 17.2 Å². The van der Waals surface area contributed by atoms with Crippen molar-refractivity contribution in [3.8, 4) is 0 Å². The number of carboxylic acid groups (broad SMARTS) is 1. The lowest BCUT2D eigenvalue weighted by molar-refractivity contribution is -0.385. The second kappa shape index (κ2) is 7.42. The van der Waals surface area contributed by atoms with Crippen LogP contribution in [0.5, 0.6) is 0 Å². The molecule has 0 amide bonds. The topological polar surface area (TPSA) is 105 Å². The van der Waals surface area contributed by atoms with Crippen molar-refractivity contribution in [3.63, 3.8) is 0 Å². The summed E-state index contributed by atoms with van der Waals surface area (Å²) in [4.78, 5) is 24.9. The maximum Gasteiger partial charge on any atom is 0.342 e. The molecular weight excluding hydrogens is 262 g/mol. The zero-order chi connectivity index (χ0) is 15.1. The van der Waals surface area contributed by atoms with Crippen LogP contribution >= 0.6 is 0 Å². The third-order valence-electron chi connectivity index (χ3n) is 2.95. The number of aromatic carboxylic acids is 1. The Hall–Kier alpha value is -2.18. The fourth-order valence-electron chi connectivity index (χ4n) is 1.87. The van der Waals surface area contributed by atoms with Gasteiger partial charge in [-0.15, -0.1) is 0 Å². The van der Waals surface area contributed by atoms with E-state index < -0.39 is 16.6 Å². The highest BCUT2D eigenvalue weighted by Gasteiger charge is 2.21. The lowest BCUT2D eigenvalue weighted by atomic mass is 10.1. The summed E-state index contributed by atoms with van der Waals surface area (Å²) in [7, 11) is 0. The molecule has 110 valence electrons. The minimum Gasteiger partial charge on any atom is -0.477 e. The van der Waals surface area contributed by atoms with E-state index in [-0.39, 0.29) is 11.6 Å². The van der Waals surface area contributed by atoms with Crippen LogP contribution in [0.25, 0.3) is 0 Å². The molecule has 1 aromatic rings. The summed E-state index contributed by atoms with van der Waals surface area (Å²) in [6.45, 7) is 4.09. The van der Waals surface area contributed by atoms with Crippen molar-refractivity contribution in [2.75, 3.05) is 5.32 Å². The van der Waals surface area contributed by atoms with Gasteiger partial charge in [0.25, 0.3) is 0 Å². The van der Waals surface area contributed by atoms with Gasteiger partial charge in [0.1, 0.15) is 17.6 Å². The van der Waals surface area contributed by atoms with Crippen LogP contribution in [0.2, 0.25) is 0 Å². The smallest absolute Gasteiger partial charge is 0.342 e. The van der Waals surface area contributed by atoms with Gasteiger partial charge in [0.05, 0.1) is 4.92 Å². The number of rotatable bonds is 8. The number of nitrogens with zero attached hydrogens (tertiary/aromatic N) is 2. The molecule has 0 bridgehead atoms. The number of anilines is 1. The van der Waals surface area contributed by atoms with Crippen molar-refractivity contribution in [2.45, 2.75) is 45.6 Å². The molecule has 0 spiro atoms. The first-order valence-corrected chi connectivity index (χ1v) is 6.60. The highest BCUT2D eigenvalue weighted by molar-refractivity contribution is 5.93. The highest BCUT2D eigenvalue weighted by atomic mass is 16.6. The number of unbranched alkanes of at least 4 members (excludes halogenated alkanes) is 2. The summed E-state index contributed by atoms with van der Waals surface area (Å²) in [5.41, 5.74) is -0.852. The Labute approximate surface area is 117 Å². The van der Waals surface area contributed by atoms with Gasteiger partial charge < -0.3 is 10.4 Å². The van der Waals surface area contributed by atoms with E-state index in [9.17, 15) is 14.9 Å². The van der Waals surface area contributed by atoms with Gasteiger partial charge in [0.15, 0.2) is 0 Å². The lowest BCUT2D eigenvalue weighted by Crippen LogP contribution is -2.16. The van der Waals surface area contributed by atoms with Crippen LogP contribution in [0.3, 0.4) is 0 Å². The maximum absolute atomic E-state index is 11.0. The van der Waals surface area contributed by atoms with Crippen molar-refractivity contribution < 1.29 is 14.8 Å². The van der Waals surface area contributed by atoms with Crippen LogP contribution in [-0.4, -0.2) is 27.0 Å². The van der Waals surface area contributed by atoms with Crippen LogP contribution in [-0.2, 0) is 0 Å². The summed E-state index contributed by atoms with van der Waals surface area (Å²) >= 11 is 0. The van der Waals surface area contributed by atoms with Crippen molar-refractivity contribution >= 4 is 17.5 Å². The number of hydrogen-bond donors (Lipinski definition) is 2. The fourth-order valence-corrected chi connectivity index (χ4v) is 1.87. The molecule has 1 rings (SSSR count). The molecule has 7 nitrogen and oxygen atoms in total. The van der Waals surface area contributed by atoms with E-state index in [0.29, 0.717) is 5.82 Å². The molecule has 0 saturated heterocycles. The molecule has 0 saturated carbocycles. The number of carbonyl (C=O) groups is 1. The SMILES string of the molecule is CCCCCC(C)Nc1cc(C(=O)O)c([N+](=O)[O-])cn1. The van der Waals surface area contributed by atoms with E-state index >= 15 is 0 Å². The quantitative estimate of drug-likeness (QED) is 0.431. The summed E-state index contributed by atoms with van der Waals surface area (Å²) in [6.07, 6.45) is 5.26. The standard InChI is InChI=1S/C13H19N3O4/c1-3-4-5-6-9(2)15-12-7-10(13(17)18)11(8-14-12)16(19)20/h7-9H,3-6H2,1-2H3,(H,14,15)(H,17,18). The van der Waals surface area contributed by atoms with Gasteiger partial charge in [-0.25, -0.2) is 9.78 Å². The van der Waals surface area contributed by atoms with Crippen molar-refractivity contribution in [1.29, 1.82) is 0 Å². The summed E-state index contributed by atoms with van der Waals surface area (Å²) in [5, 5.41) is 22.8. The van der Waals surface area contributed by atoms with E-state index in [1.54, 1.807) is 0 Å². The number of nitrogens with one attached hydrogen (secondary N) is 1. The third kappa shape index (κ3) is 4.49. The van der Waals surface area contributed by atoms with Gasteiger partial charge >= 0.3 is 11.7 Å². The van der Waals surface area contributed by atoms with Crippen LogP contribution in [0.1, 0.15) is 49.9 Å². The second-order valence-electron chi connectivity index (χ2n) is 4.69. The summed E-state index contributed by atoms with van der Waals surface area (Å²) in [5.74, 6) is -0.988. The molecule has 1 unspecified atom stereocenters. The maximum atomic E-state index is 11.0. The predicted octanol–water partition coefficient (Wildman–Crippen LogP) is 3.07. The minimum atomic E-state index is -1.33. The Bertz CT molecular complexity index is 491. The van der Waals surface area contributed by atoms with Gasteiger partial charge in [-0.05, 0) is 13.3 Å². The first kappa shape index (κ1) is 15.9. The van der Waals surface area contributed by atoms with Gasteiger partial charge in [0.2, 0.25) is 0 Å². The van der Waals surface area contributed by atoms with Crippen LogP contribution in [0.4, 0.5) is 11.5 Å². The number of hydrogen-bond acceptors (Lipinski definition) is 5. The number of nitro groups is 1. The van der Waals surface area contributed by atoms with Gasteiger partial charge in [-0.2, -0.15) is 0 Å². The Morgan fingerprint density at radius 3 is 2.80 bits per heavy atom. The van der Waals surface area contributed by atoms with Gasteiger partial charge in [0, 0.05) is 12.1 Å². The van der Waals surface area contributed by atoms with E-state index in [1.165, 1.54) is 6.07 Å². The molecule has 0 aromatic carbocycles. The van der Waals surface area contributed by atoms with Crippen LogP contribution < -0.4 is 5.32 Å². The monoisotopic (exact) mass is 281 g/mol. The number of pyridine rings is 1. The Morgan fingerprint density at radius 1 is 1.55 bits per heavy atom. The Morgan fingerprint density at radius 2 is 2.25 bits per heavy atom. The minimum absolute atomic E-state index is 0.136. The molecule has 0 aliphatic heterocycles. The van der Waals surface area contributed by atoms with Crippen molar-refractivity contribution in [1.82, 2.24) is 4.98 Å². The van der Waals surface area contributed by atoms with E-state index in [4.69, 9.17) is 5.11 Å². The molecule has 7 heteroatoms. The predicted molar refractivity (Wildman–Crippen MR) is 75.1 cm³/mol. The van der Waals surface area contributed by atoms with E-state index in [0.717, 1.165) is 31.9 Å². The third-order valence-corrected chi connectivity index (χ3v) is 2.95. The molecule has 0 radical (unpaired) electrons. The molecule has 2 N–H and O–H groups in total. The van der Waals surface area contributed by atoms with E-state index in [1.807, 2.05) is 6.92 Å². The molecule has 0 aliphatic carbocycles. The molecule has 0 aliphatic rings. The molecule has 20 heavy (non-hydrogen) atoms. The summed E-state index contributed by atoms with van der Waals surface area (Å²) < 4.78 is 0. The molecule has 1 atom stereocenters. The summed E-state index contributed by atoms with van der Waals surface area (Å²) in [6, 6.07) is 1.34. The van der Waals surface area contributed by atoms with Gasteiger partial charge in [-0.1, -0.05) is 26.2 Å². The normalized spacial score (nSPS) is 11.9. The second-order valence-corrected chi connectivity index (χ2v) is 4.69. The van der Waals surface area contributed by atoms with Crippen molar-refractivity contribution in [3.05, 3.63) is 27.9 Å². The fraction of sp³-hybridized carbons (Fsp3) is 0.538. The van der Waals surface area contributed by atoms with Crippen LogP contribution in [0, 0.1) is 10.1 Å². The Balaban J connectivity index is 2.79. The molecule has 1 aromatic heterocycles. The largest absolute Gasteiger partial charge is 0.477 e. The molecule has 0 fully saturated rings. The molecule has 1 heterocycles. The average Bonchev–Trinajstić information content (AvgIpc) is 2.38. The van der Waals surface area contributed by atoms with Crippen LogP contribution in [0.15, 0.2) is 12.3 Å².